The molecule has 7 N–H and O–H groups in total. The molecule has 1 aromatic rings. The summed E-state index contributed by atoms with van der Waals surface area (Å²) in [5, 5.41) is 71.5. The van der Waals surface area contributed by atoms with Gasteiger partial charge in [-0.2, -0.15) is 0 Å². The van der Waals surface area contributed by atoms with E-state index in [0.717, 1.165) is 6.08 Å². The average Bonchev–Trinajstić information content (AvgIpc) is 3.28. The molecule has 14 nitrogen and oxygen atoms in total. The van der Waals surface area contributed by atoms with E-state index in [-0.39, 0.29) is 31.1 Å². The Morgan fingerprint density at radius 2 is 1.75 bits per heavy atom. The monoisotopic (exact) mass is 624 g/mol. The van der Waals surface area contributed by atoms with Gasteiger partial charge in [-0.05, 0) is 41.7 Å². The minimum absolute atomic E-state index is 0.0331. The summed E-state index contributed by atoms with van der Waals surface area (Å²) in [5.41, 5.74) is -1.15. The van der Waals surface area contributed by atoms with Crippen molar-refractivity contribution in [2.24, 2.45) is 17.8 Å². The number of fused-ring (bicyclic) bond motifs is 1. The highest BCUT2D eigenvalue weighted by molar-refractivity contribution is 5.87. The number of phenols is 1. The molecular weight excluding hydrogens is 584 g/mol. The number of esters is 2. The van der Waals surface area contributed by atoms with Crippen LogP contribution in [0.4, 0.5) is 0 Å². The zero-order valence-electron chi connectivity index (χ0n) is 24.3. The van der Waals surface area contributed by atoms with Gasteiger partial charge in [0.2, 0.25) is 6.29 Å². The fourth-order valence-corrected chi connectivity index (χ4v) is 5.70. The minimum Gasteiger partial charge on any atom is -0.508 e. The van der Waals surface area contributed by atoms with Gasteiger partial charge in [0.15, 0.2) is 6.29 Å². The zero-order valence-corrected chi connectivity index (χ0v) is 24.3. The van der Waals surface area contributed by atoms with Crippen LogP contribution in [0.3, 0.4) is 0 Å². The van der Waals surface area contributed by atoms with Gasteiger partial charge < -0.3 is 59.4 Å². The van der Waals surface area contributed by atoms with Gasteiger partial charge in [-0.25, -0.2) is 4.79 Å². The number of ether oxygens (including phenoxy) is 5. The van der Waals surface area contributed by atoms with E-state index >= 15 is 0 Å². The van der Waals surface area contributed by atoms with Gasteiger partial charge in [-0.15, -0.1) is 0 Å². The molecule has 1 saturated heterocycles. The van der Waals surface area contributed by atoms with E-state index in [2.05, 4.69) is 0 Å². The third kappa shape index (κ3) is 7.41. The number of carbonyl (C=O) groups excluding carboxylic acids is 2. The molecule has 2 fully saturated rings. The van der Waals surface area contributed by atoms with Crippen molar-refractivity contribution in [2.75, 3.05) is 19.8 Å². The third-order valence-electron chi connectivity index (χ3n) is 8.06. The average molecular weight is 625 g/mol. The zero-order chi connectivity index (χ0) is 32.2. The minimum atomic E-state index is -2.11. The standard InChI is InChI=1S/C30H40O14/c1-15(2)9-23(35)44-28-24-19(17(12-40-28)13-41-29-27(38)26(37)25(36)20(11-31)42-29)10-21(30(24,39)14-32)43-22(34)8-5-16-3-6-18(33)7-4-16/h3-8,12,15,19-21,24-29,31-33,36-39H,9-11,13-14H2,1-2H3/b8-5+/t19-,20-,21+,24-,25-,26+,27-,28+,29-,30-/m0/s1. The van der Waals surface area contributed by atoms with Gasteiger partial charge in [0.1, 0.15) is 41.9 Å². The molecule has 244 valence electrons. The summed E-state index contributed by atoms with van der Waals surface area (Å²) in [6.07, 6.45) is -6.33. The Kier molecular flexibility index (Phi) is 11.0. The number of phenolic OH excluding ortho intramolecular Hbond substituents is 1. The SMILES string of the molecule is CC(C)CC(=O)O[C@H]1OC=C(CO[C@H]2O[C@@H](CO)[C@H](O)[C@@H](O)[C@@H]2O)[C@@H]2C[C@@H](OC(=O)/C=C/c3ccc(O)cc3)[C@@](O)(CO)[C@H]12. The molecule has 2 heterocycles. The van der Waals surface area contributed by atoms with Gasteiger partial charge in [0.05, 0.1) is 32.0 Å². The number of benzene rings is 1. The first-order valence-electron chi connectivity index (χ1n) is 14.3. The lowest BCUT2D eigenvalue weighted by molar-refractivity contribution is -0.299. The molecule has 0 amide bonds. The second kappa shape index (κ2) is 14.3. The lowest BCUT2D eigenvalue weighted by atomic mass is 9.80. The Balaban J connectivity index is 1.54. The fraction of sp³-hybridized carbons (Fsp3) is 0.600. The highest BCUT2D eigenvalue weighted by Crippen LogP contribution is 2.50. The quantitative estimate of drug-likeness (QED) is 0.120. The van der Waals surface area contributed by atoms with Crippen LogP contribution in [0.25, 0.3) is 6.08 Å². The van der Waals surface area contributed by atoms with Gasteiger partial charge in [0.25, 0.3) is 0 Å². The van der Waals surface area contributed by atoms with Crippen molar-refractivity contribution in [2.45, 2.75) is 75.4 Å². The molecule has 1 saturated carbocycles. The van der Waals surface area contributed by atoms with Crippen LogP contribution in [0, 0.1) is 17.8 Å². The Bertz CT molecular complexity index is 1200. The van der Waals surface area contributed by atoms with Crippen LogP contribution >= 0.6 is 0 Å². The predicted molar refractivity (Wildman–Crippen MR) is 149 cm³/mol. The van der Waals surface area contributed by atoms with Gasteiger partial charge in [-0.1, -0.05) is 26.0 Å². The summed E-state index contributed by atoms with van der Waals surface area (Å²) in [4.78, 5) is 25.3. The van der Waals surface area contributed by atoms with E-state index in [1.807, 2.05) is 13.8 Å². The molecule has 2 aliphatic heterocycles. The first kappa shape index (κ1) is 33.8. The van der Waals surface area contributed by atoms with Crippen molar-refractivity contribution in [1.29, 1.82) is 0 Å². The normalized spacial score (nSPS) is 35.2. The Morgan fingerprint density at radius 1 is 1.05 bits per heavy atom. The topological polar surface area (TPSA) is 222 Å². The maximum absolute atomic E-state index is 12.8. The van der Waals surface area contributed by atoms with Crippen LogP contribution < -0.4 is 0 Å². The first-order valence-corrected chi connectivity index (χ1v) is 14.3. The van der Waals surface area contributed by atoms with Gasteiger partial charge in [-0.3, -0.25) is 4.79 Å². The van der Waals surface area contributed by atoms with Crippen molar-refractivity contribution in [3.8, 4) is 5.75 Å². The highest BCUT2D eigenvalue weighted by Gasteiger charge is 2.62. The summed E-state index contributed by atoms with van der Waals surface area (Å²) in [6, 6.07) is 6.04. The van der Waals surface area contributed by atoms with E-state index in [9.17, 15) is 45.3 Å². The van der Waals surface area contributed by atoms with E-state index in [1.165, 1.54) is 24.5 Å². The van der Waals surface area contributed by atoms with Crippen molar-refractivity contribution in [3.63, 3.8) is 0 Å². The summed E-state index contributed by atoms with van der Waals surface area (Å²) >= 11 is 0. The van der Waals surface area contributed by atoms with Crippen molar-refractivity contribution in [3.05, 3.63) is 47.7 Å². The van der Waals surface area contributed by atoms with E-state index in [0.29, 0.717) is 11.1 Å². The number of aromatic hydroxyl groups is 1. The molecule has 0 radical (unpaired) electrons. The molecule has 14 heteroatoms. The second-order valence-corrected chi connectivity index (χ2v) is 11.7. The molecule has 44 heavy (non-hydrogen) atoms. The second-order valence-electron chi connectivity index (χ2n) is 11.7. The number of carbonyl (C=O) groups is 2. The van der Waals surface area contributed by atoms with E-state index < -0.39 is 85.7 Å². The van der Waals surface area contributed by atoms with Crippen LogP contribution in [0.5, 0.6) is 5.75 Å². The van der Waals surface area contributed by atoms with Gasteiger partial charge >= 0.3 is 11.9 Å². The lowest BCUT2D eigenvalue weighted by Gasteiger charge is -2.41. The summed E-state index contributed by atoms with van der Waals surface area (Å²) in [6.45, 7) is 1.81. The molecule has 0 aromatic heterocycles. The molecule has 0 spiro atoms. The third-order valence-corrected chi connectivity index (χ3v) is 8.06. The Hall–Kier alpha value is -3.08. The molecule has 0 bridgehead atoms. The molecule has 10 atom stereocenters. The fourth-order valence-electron chi connectivity index (χ4n) is 5.70. The van der Waals surface area contributed by atoms with Crippen LogP contribution in [-0.2, 0) is 33.3 Å². The lowest BCUT2D eigenvalue weighted by Crippen LogP contribution is -2.59. The summed E-state index contributed by atoms with van der Waals surface area (Å²) < 4.78 is 27.9. The predicted octanol–water partition coefficient (Wildman–Crippen LogP) is -0.677. The number of hydrogen-bond acceptors (Lipinski definition) is 14. The van der Waals surface area contributed by atoms with Crippen molar-refractivity contribution < 1.29 is 69.0 Å². The van der Waals surface area contributed by atoms with Gasteiger partial charge in [0, 0.05) is 18.4 Å². The van der Waals surface area contributed by atoms with E-state index in [1.54, 1.807) is 12.1 Å². The molecule has 3 aliphatic rings. The molecular formula is C30H40O14. The molecule has 4 rings (SSSR count). The van der Waals surface area contributed by atoms with Crippen LogP contribution in [0.15, 0.2) is 42.2 Å². The maximum atomic E-state index is 12.8. The number of hydrogen-bond donors (Lipinski definition) is 7. The Morgan fingerprint density at radius 3 is 2.39 bits per heavy atom. The summed E-state index contributed by atoms with van der Waals surface area (Å²) in [5.74, 6) is -3.24. The highest BCUT2D eigenvalue weighted by atomic mass is 16.7. The maximum Gasteiger partial charge on any atom is 0.331 e. The van der Waals surface area contributed by atoms with Crippen LogP contribution in [0.1, 0.15) is 32.3 Å². The number of rotatable bonds is 11. The molecule has 1 aliphatic carbocycles. The number of aliphatic hydroxyl groups excluding tert-OH is 5. The molecule has 0 unspecified atom stereocenters. The van der Waals surface area contributed by atoms with Crippen molar-refractivity contribution in [1.82, 2.24) is 0 Å². The number of aliphatic hydroxyl groups is 6. The first-order chi connectivity index (χ1) is 20.9. The molecule has 1 aromatic carbocycles. The smallest absolute Gasteiger partial charge is 0.331 e. The Labute approximate surface area is 253 Å². The van der Waals surface area contributed by atoms with Crippen molar-refractivity contribution >= 4 is 18.0 Å². The van der Waals surface area contributed by atoms with E-state index in [4.69, 9.17) is 23.7 Å². The van der Waals surface area contributed by atoms with Crippen LogP contribution in [0.2, 0.25) is 0 Å². The van der Waals surface area contributed by atoms with Crippen LogP contribution in [-0.4, -0.2) is 116 Å². The largest absolute Gasteiger partial charge is 0.508 e. The summed E-state index contributed by atoms with van der Waals surface area (Å²) in [7, 11) is 0.